The Balaban J connectivity index is 2.00. The molecule has 0 N–H and O–H groups in total. The number of fused-ring (bicyclic) bond motifs is 1. The molecule has 0 aliphatic carbocycles. The van der Waals surface area contributed by atoms with Crippen molar-refractivity contribution in [3.63, 3.8) is 0 Å². The van der Waals surface area contributed by atoms with Gasteiger partial charge >= 0.3 is 5.97 Å². The monoisotopic (exact) mass is 274 g/mol. The molecule has 0 unspecified atom stereocenters. The van der Waals surface area contributed by atoms with Gasteiger partial charge in [0.15, 0.2) is 0 Å². The average molecular weight is 274 g/mol. The fraction of sp³-hybridized carbons (Fsp3) is 0.312. The van der Waals surface area contributed by atoms with Gasteiger partial charge in [-0.15, -0.1) is 11.8 Å². The van der Waals surface area contributed by atoms with Crippen molar-refractivity contribution in [2.45, 2.75) is 31.3 Å². The van der Waals surface area contributed by atoms with Crippen LogP contribution in [0.25, 0.3) is 10.8 Å². The number of carbonyl (C=O) groups excluding carboxylic acids is 1. The molecule has 2 rings (SSSR count). The molecule has 2 aromatic rings. The smallest absolute Gasteiger partial charge is 0.316 e. The SMILES string of the molecule is CC(C)(C)OC(=O)CSc1ccc2ccccc2c1. The molecule has 0 radical (unpaired) electrons. The normalized spacial score (nSPS) is 11.5. The molecule has 0 aromatic heterocycles. The molecule has 0 fully saturated rings. The lowest BCUT2D eigenvalue weighted by molar-refractivity contribution is -0.151. The lowest BCUT2D eigenvalue weighted by Crippen LogP contribution is -2.24. The van der Waals surface area contributed by atoms with E-state index >= 15 is 0 Å². The maximum absolute atomic E-state index is 11.7. The van der Waals surface area contributed by atoms with Crippen molar-refractivity contribution in [2.24, 2.45) is 0 Å². The third kappa shape index (κ3) is 4.28. The summed E-state index contributed by atoms with van der Waals surface area (Å²) in [6.45, 7) is 5.64. The summed E-state index contributed by atoms with van der Waals surface area (Å²) in [7, 11) is 0. The first kappa shape index (κ1) is 13.9. The molecule has 0 atom stereocenters. The molecule has 2 nitrogen and oxygen atoms in total. The summed E-state index contributed by atoms with van der Waals surface area (Å²) in [4.78, 5) is 12.7. The van der Waals surface area contributed by atoms with Crippen LogP contribution in [0.2, 0.25) is 0 Å². The topological polar surface area (TPSA) is 26.3 Å². The number of benzene rings is 2. The van der Waals surface area contributed by atoms with Crippen molar-refractivity contribution in [1.82, 2.24) is 0 Å². The minimum absolute atomic E-state index is 0.175. The predicted molar refractivity (Wildman–Crippen MR) is 80.5 cm³/mol. The lowest BCUT2D eigenvalue weighted by Gasteiger charge is -2.19. The van der Waals surface area contributed by atoms with E-state index in [1.165, 1.54) is 22.5 Å². The van der Waals surface area contributed by atoms with Crippen LogP contribution in [0, 0.1) is 0 Å². The Bertz CT molecular complexity index is 585. The molecule has 19 heavy (non-hydrogen) atoms. The van der Waals surface area contributed by atoms with Gasteiger partial charge in [-0.2, -0.15) is 0 Å². The summed E-state index contributed by atoms with van der Waals surface area (Å²) < 4.78 is 5.29. The highest BCUT2D eigenvalue weighted by Gasteiger charge is 2.16. The second-order valence-corrected chi connectivity index (χ2v) is 6.43. The molecular formula is C16H18O2S. The largest absolute Gasteiger partial charge is 0.459 e. The van der Waals surface area contributed by atoms with E-state index < -0.39 is 5.60 Å². The first-order valence-electron chi connectivity index (χ1n) is 6.27. The van der Waals surface area contributed by atoms with E-state index in [9.17, 15) is 4.79 Å². The zero-order valence-corrected chi connectivity index (χ0v) is 12.3. The Labute approximate surface area is 118 Å². The summed E-state index contributed by atoms with van der Waals surface area (Å²) in [6.07, 6.45) is 0. The fourth-order valence-corrected chi connectivity index (χ4v) is 2.49. The minimum Gasteiger partial charge on any atom is -0.459 e. The zero-order chi connectivity index (χ0) is 13.9. The average Bonchev–Trinajstić information content (AvgIpc) is 2.34. The number of carbonyl (C=O) groups is 1. The van der Waals surface area contributed by atoms with Crippen molar-refractivity contribution in [3.8, 4) is 0 Å². The van der Waals surface area contributed by atoms with Crippen LogP contribution in [0.1, 0.15) is 20.8 Å². The van der Waals surface area contributed by atoms with Crippen molar-refractivity contribution >= 4 is 28.5 Å². The van der Waals surface area contributed by atoms with Crippen molar-refractivity contribution in [3.05, 3.63) is 42.5 Å². The minimum atomic E-state index is -0.416. The number of rotatable bonds is 3. The second-order valence-electron chi connectivity index (χ2n) is 5.38. The van der Waals surface area contributed by atoms with Crippen LogP contribution >= 0.6 is 11.8 Å². The third-order valence-electron chi connectivity index (χ3n) is 2.50. The van der Waals surface area contributed by atoms with Crippen LogP contribution in [-0.4, -0.2) is 17.3 Å². The molecular weight excluding hydrogens is 256 g/mol. The Kier molecular flexibility index (Phi) is 4.15. The third-order valence-corrected chi connectivity index (χ3v) is 3.46. The molecule has 0 saturated carbocycles. The number of esters is 1. The van der Waals surface area contributed by atoms with Gasteiger partial charge < -0.3 is 4.74 Å². The van der Waals surface area contributed by atoms with Crippen LogP contribution in [0.5, 0.6) is 0 Å². The molecule has 0 amide bonds. The van der Waals surface area contributed by atoms with Gasteiger partial charge in [0.2, 0.25) is 0 Å². The summed E-state index contributed by atoms with van der Waals surface area (Å²) in [5.41, 5.74) is -0.416. The van der Waals surface area contributed by atoms with E-state index in [0.29, 0.717) is 5.75 Å². The summed E-state index contributed by atoms with van der Waals surface area (Å²) >= 11 is 1.51. The molecule has 0 saturated heterocycles. The predicted octanol–water partition coefficient (Wildman–Crippen LogP) is 4.27. The molecule has 100 valence electrons. The molecule has 0 spiro atoms. The van der Waals surface area contributed by atoms with Gasteiger partial charge in [-0.25, -0.2) is 0 Å². The molecule has 2 aromatic carbocycles. The van der Waals surface area contributed by atoms with Gasteiger partial charge in [0, 0.05) is 4.90 Å². The molecule has 0 heterocycles. The first-order valence-corrected chi connectivity index (χ1v) is 7.26. The number of ether oxygens (including phenoxy) is 1. The zero-order valence-electron chi connectivity index (χ0n) is 11.5. The molecule has 3 heteroatoms. The maximum atomic E-state index is 11.7. The van der Waals surface area contributed by atoms with Gasteiger partial charge in [-0.05, 0) is 43.7 Å². The Hall–Kier alpha value is -1.48. The summed E-state index contributed by atoms with van der Waals surface area (Å²) in [5.74, 6) is 0.168. The quantitative estimate of drug-likeness (QED) is 0.617. The first-order chi connectivity index (χ1) is 8.94. The van der Waals surface area contributed by atoms with Crippen LogP contribution in [0.3, 0.4) is 0 Å². The van der Waals surface area contributed by atoms with E-state index in [2.05, 4.69) is 24.3 Å². The van der Waals surface area contributed by atoms with Crippen LogP contribution in [0.15, 0.2) is 47.4 Å². The van der Waals surface area contributed by atoms with Crippen LogP contribution in [0.4, 0.5) is 0 Å². The standard InChI is InChI=1S/C16H18O2S/c1-16(2,3)18-15(17)11-19-14-9-8-12-6-4-5-7-13(12)10-14/h4-10H,11H2,1-3H3. The van der Waals surface area contributed by atoms with Gasteiger partial charge in [-0.3, -0.25) is 4.79 Å². The number of hydrogen-bond donors (Lipinski definition) is 0. The van der Waals surface area contributed by atoms with E-state index in [-0.39, 0.29) is 5.97 Å². The molecule has 0 aliphatic rings. The van der Waals surface area contributed by atoms with Gasteiger partial charge in [-0.1, -0.05) is 30.3 Å². The van der Waals surface area contributed by atoms with Gasteiger partial charge in [0.25, 0.3) is 0 Å². The Morgan fingerprint density at radius 2 is 1.79 bits per heavy atom. The Morgan fingerprint density at radius 1 is 1.11 bits per heavy atom. The molecule has 0 aliphatic heterocycles. The lowest BCUT2D eigenvalue weighted by atomic mass is 10.1. The van der Waals surface area contributed by atoms with E-state index in [1.807, 2.05) is 39.0 Å². The van der Waals surface area contributed by atoms with Crippen molar-refractivity contribution in [1.29, 1.82) is 0 Å². The van der Waals surface area contributed by atoms with E-state index in [1.54, 1.807) is 0 Å². The van der Waals surface area contributed by atoms with Gasteiger partial charge in [0.05, 0.1) is 5.75 Å². The highest BCUT2D eigenvalue weighted by molar-refractivity contribution is 8.00. The van der Waals surface area contributed by atoms with Crippen molar-refractivity contribution in [2.75, 3.05) is 5.75 Å². The van der Waals surface area contributed by atoms with Crippen LogP contribution in [-0.2, 0) is 9.53 Å². The van der Waals surface area contributed by atoms with E-state index in [4.69, 9.17) is 4.74 Å². The number of thioether (sulfide) groups is 1. The maximum Gasteiger partial charge on any atom is 0.316 e. The fourth-order valence-electron chi connectivity index (χ4n) is 1.77. The summed E-state index contributed by atoms with van der Waals surface area (Å²) in [6, 6.07) is 14.4. The number of hydrogen-bond acceptors (Lipinski definition) is 3. The van der Waals surface area contributed by atoms with Gasteiger partial charge in [0.1, 0.15) is 5.60 Å². The highest BCUT2D eigenvalue weighted by atomic mass is 32.2. The second kappa shape index (κ2) is 5.66. The van der Waals surface area contributed by atoms with E-state index in [0.717, 1.165) is 4.90 Å². The van der Waals surface area contributed by atoms with Crippen molar-refractivity contribution < 1.29 is 9.53 Å². The van der Waals surface area contributed by atoms with Crippen LogP contribution < -0.4 is 0 Å². The summed E-state index contributed by atoms with van der Waals surface area (Å²) in [5, 5.41) is 2.40. The molecule has 0 bridgehead atoms. The highest BCUT2D eigenvalue weighted by Crippen LogP contribution is 2.24. The Morgan fingerprint density at radius 3 is 2.47 bits per heavy atom.